The monoisotopic (exact) mass is 467 g/mol. The number of benzene rings is 1. The zero-order valence-corrected chi connectivity index (χ0v) is 18.6. The number of hydrogen-bond donors (Lipinski definition) is 1. The Balaban J connectivity index is 1.44. The van der Waals surface area contributed by atoms with Crippen LogP contribution < -0.4 is 9.62 Å². The second-order valence-electron chi connectivity index (χ2n) is 7.60. The maximum Gasteiger partial charge on any atom is 0.289 e. The van der Waals surface area contributed by atoms with Crippen molar-refractivity contribution in [2.75, 3.05) is 35.8 Å². The molecule has 0 bridgehead atoms. The summed E-state index contributed by atoms with van der Waals surface area (Å²) >= 11 is 0. The predicted octanol–water partition coefficient (Wildman–Crippen LogP) is 1.72. The first-order chi connectivity index (χ1) is 15.9. The molecule has 11 nitrogen and oxygen atoms in total. The molecular formula is C21H21N7O4S. The molecule has 1 aliphatic rings. The molecule has 0 saturated carbocycles. The molecule has 1 saturated heterocycles. The number of carbonyl (C=O) groups excluding carboxylic acids is 1. The summed E-state index contributed by atoms with van der Waals surface area (Å²) in [7, 11) is -2.27. The lowest BCUT2D eigenvalue weighted by molar-refractivity contribution is 0.0714. The van der Waals surface area contributed by atoms with Crippen molar-refractivity contribution >= 4 is 38.6 Å². The Kier molecular flexibility index (Phi) is 5.21. The minimum Gasteiger partial charge on any atom is -0.459 e. The maximum absolute atomic E-state index is 12.9. The second-order valence-corrected chi connectivity index (χ2v) is 9.28. The van der Waals surface area contributed by atoms with E-state index in [2.05, 4.69) is 14.8 Å². The van der Waals surface area contributed by atoms with E-state index in [-0.39, 0.29) is 16.6 Å². The third-order valence-corrected chi connectivity index (χ3v) is 6.67. The number of aromatic nitrogens is 4. The van der Waals surface area contributed by atoms with Gasteiger partial charge in [-0.05, 0) is 24.3 Å². The minimum absolute atomic E-state index is 0.0276. The largest absolute Gasteiger partial charge is 0.459 e. The lowest BCUT2D eigenvalue weighted by Gasteiger charge is -2.35. The summed E-state index contributed by atoms with van der Waals surface area (Å²) < 4.78 is 35.1. The highest BCUT2D eigenvalue weighted by Crippen LogP contribution is 2.28. The molecule has 1 amide bonds. The molecule has 0 unspecified atom stereocenters. The van der Waals surface area contributed by atoms with Crippen molar-refractivity contribution in [3.8, 4) is 0 Å². The molecule has 1 aliphatic heterocycles. The summed E-state index contributed by atoms with van der Waals surface area (Å²) in [6, 6.07) is 10.6. The third-order valence-electron chi connectivity index (χ3n) is 5.37. The molecule has 1 aromatic carbocycles. The summed E-state index contributed by atoms with van der Waals surface area (Å²) in [5.74, 6) is 0.648. The molecule has 4 aromatic rings. The first-order valence-electron chi connectivity index (χ1n) is 10.3. The molecule has 0 spiro atoms. The van der Waals surface area contributed by atoms with Crippen molar-refractivity contribution in [2.24, 2.45) is 7.05 Å². The molecule has 1 N–H and O–H groups in total. The van der Waals surface area contributed by atoms with Crippen LogP contribution in [-0.2, 0) is 17.1 Å². The van der Waals surface area contributed by atoms with Crippen LogP contribution in [0.2, 0.25) is 0 Å². The van der Waals surface area contributed by atoms with Gasteiger partial charge in [-0.15, -0.1) is 0 Å². The molecule has 0 atom stereocenters. The normalized spacial score (nSPS) is 14.6. The Hall–Kier alpha value is -3.93. The number of aryl methyl sites for hydroxylation is 1. The molecule has 170 valence electrons. The predicted molar refractivity (Wildman–Crippen MR) is 120 cm³/mol. The van der Waals surface area contributed by atoms with Crippen molar-refractivity contribution in [2.45, 2.75) is 4.90 Å². The molecule has 33 heavy (non-hydrogen) atoms. The molecular weight excluding hydrogens is 446 g/mol. The number of sulfonamides is 1. The fourth-order valence-corrected chi connectivity index (χ4v) is 4.67. The van der Waals surface area contributed by atoms with Crippen molar-refractivity contribution in [1.29, 1.82) is 0 Å². The molecule has 1 fully saturated rings. The Morgan fingerprint density at radius 3 is 2.39 bits per heavy atom. The van der Waals surface area contributed by atoms with Gasteiger partial charge in [-0.1, -0.05) is 12.1 Å². The van der Waals surface area contributed by atoms with Crippen LogP contribution in [0.25, 0.3) is 11.0 Å². The van der Waals surface area contributed by atoms with Crippen LogP contribution in [0.15, 0.2) is 64.4 Å². The molecule has 5 rings (SSSR count). The van der Waals surface area contributed by atoms with Gasteiger partial charge in [0.1, 0.15) is 4.90 Å². The summed E-state index contributed by atoms with van der Waals surface area (Å²) in [5.41, 5.74) is 1.21. The van der Waals surface area contributed by atoms with E-state index in [9.17, 15) is 13.2 Å². The van der Waals surface area contributed by atoms with Crippen LogP contribution in [0.4, 0.5) is 11.6 Å². The number of para-hydroxylation sites is 2. The number of rotatable bonds is 5. The number of fused-ring (bicyclic) bond motifs is 1. The SMILES string of the molecule is Cn1cc(S(=O)(=O)Nc2nc3ccccc3nc2N2CCN(C(=O)c3ccco3)CC2)cn1. The first kappa shape index (κ1) is 20.9. The fourth-order valence-electron chi connectivity index (χ4n) is 3.68. The van der Waals surface area contributed by atoms with Crippen molar-refractivity contribution in [3.05, 3.63) is 60.8 Å². The number of anilines is 2. The van der Waals surface area contributed by atoms with Gasteiger partial charge in [0.15, 0.2) is 17.4 Å². The van der Waals surface area contributed by atoms with Crippen molar-refractivity contribution in [3.63, 3.8) is 0 Å². The molecule has 12 heteroatoms. The lowest BCUT2D eigenvalue weighted by atomic mass is 10.2. The van der Waals surface area contributed by atoms with Crippen molar-refractivity contribution in [1.82, 2.24) is 24.6 Å². The van der Waals surface area contributed by atoms with Gasteiger partial charge < -0.3 is 14.2 Å². The Labute approximate surface area is 189 Å². The van der Waals surface area contributed by atoms with Crippen LogP contribution in [0.3, 0.4) is 0 Å². The summed E-state index contributed by atoms with van der Waals surface area (Å²) in [5, 5.41) is 3.94. The van der Waals surface area contributed by atoms with Gasteiger partial charge >= 0.3 is 0 Å². The smallest absolute Gasteiger partial charge is 0.289 e. The number of furan rings is 1. The molecule has 3 aromatic heterocycles. The third kappa shape index (κ3) is 4.12. The lowest BCUT2D eigenvalue weighted by Crippen LogP contribution is -2.49. The van der Waals surface area contributed by atoms with Crippen LogP contribution in [0.5, 0.6) is 0 Å². The van der Waals surface area contributed by atoms with Gasteiger partial charge in [0.05, 0.1) is 23.5 Å². The molecule has 0 radical (unpaired) electrons. The standard InChI is InChI=1S/C21H21N7O4S/c1-26-14-15(13-22-26)33(30,31)25-19-20(24-17-6-3-2-5-16(17)23-19)27-8-10-28(11-9-27)21(29)18-7-4-12-32-18/h2-7,12-14H,8-11H2,1H3,(H,23,25). The van der Waals surface area contributed by atoms with E-state index in [1.54, 1.807) is 30.1 Å². The number of nitrogens with one attached hydrogen (secondary N) is 1. The zero-order chi connectivity index (χ0) is 23.0. The molecule has 0 aliphatic carbocycles. The number of nitrogens with zero attached hydrogens (tertiary/aromatic N) is 6. The van der Waals surface area contributed by atoms with E-state index < -0.39 is 10.0 Å². The fraction of sp³-hybridized carbons (Fsp3) is 0.238. The van der Waals surface area contributed by atoms with E-state index in [1.807, 2.05) is 23.1 Å². The second kappa shape index (κ2) is 8.20. The highest BCUT2D eigenvalue weighted by Gasteiger charge is 2.28. The topological polar surface area (TPSA) is 126 Å². The minimum atomic E-state index is -3.92. The number of carbonyl (C=O) groups is 1. The Bertz CT molecular complexity index is 1410. The number of piperazine rings is 1. The van der Waals surface area contributed by atoms with E-state index in [0.29, 0.717) is 48.8 Å². The van der Waals surface area contributed by atoms with Crippen LogP contribution in [-0.4, -0.2) is 65.2 Å². The van der Waals surface area contributed by atoms with E-state index in [0.717, 1.165) is 0 Å². The van der Waals surface area contributed by atoms with E-state index in [4.69, 9.17) is 9.40 Å². The van der Waals surface area contributed by atoms with Crippen LogP contribution >= 0.6 is 0 Å². The maximum atomic E-state index is 12.9. The average molecular weight is 468 g/mol. The summed E-state index contributed by atoms with van der Waals surface area (Å²) in [6.07, 6.45) is 4.15. The number of hydrogen-bond acceptors (Lipinski definition) is 8. The summed E-state index contributed by atoms with van der Waals surface area (Å²) in [6.45, 7) is 1.79. The van der Waals surface area contributed by atoms with Gasteiger partial charge in [0.25, 0.3) is 15.9 Å². The van der Waals surface area contributed by atoms with Crippen LogP contribution in [0, 0.1) is 0 Å². The van der Waals surface area contributed by atoms with Gasteiger partial charge in [0.2, 0.25) is 0 Å². The quantitative estimate of drug-likeness (QED) is 0.470. The average Bonchev–Trinajstić information content (AvgIpc) is 3.50. The van der Waals surface area contributed by atoms with Crippen LogP contribution in [0.1, 0.15) is 10.6 Å². The Morgan fingerprint density at radius 2 is 1.76 bits per heavy atom. The Morgan fingerprint density at radius 1 is 1.03 bits per heavy atom. The van der Waals surface area contributed by atoms with E-state index >= 15 is 0 Å². The van der Waals surface area contributed by atoms with E-state index in [1.165, 1.54) is 23.3 Å². The number of amides is 1. The zero-order valence-electron chi connectivity index (χ0n) is 17.7. The van der Waals surface area contributed by atoms with Gasteiger partial charge in [-0.25, -0.2) is 18.4 Å². The van der Waals surface area contributed by atoms with Gasteiger partial charge in [-0.3, -0.25) is 14.2 Å². The summed E-state index contributed by atoms with van der Waals surface area (Å²) in [4.78, 5) is 25.5. The van der Waals surface area contributed by atoms with Gasteiger partial charge in [0, 0.05) is 39.4 Å². The highest BCUT2D eigenvalue weighted by molar-refractivity contribution is 7.92. The van der Waals surface area contributed by atoms with Gasteiger partial charge in [-0.2, -0.15) is 5.10 Å². The molecule has 4 heterocycles. The highest BCUT2D eigenvalue weighted by atomic mass is 32.2. The van der Waals surface area contributed by atoms with Crippen molar-refractivity contribution < 1.29 is 17.6 Å². The first-order valence-corrected chi connectivity index (χ1v) is 11.7.